The minimum atomic E-state index is -0.393. The molecule has 2 atom stereocenters. The van der Waals surface area contributed by atoms with Crippen molar-refractivity contribution in [1.82, 2.24) is 0 Å². The van der Waals surface area contributed by atoms with Crippen LogP contribution < -0.4 is 0 Å². The van der Waals surface area contributed by atoms with Gasteiger partial charge in [0, 0.05) is 10.1 Å². The van der Waals surface area contributed by atoms with E-state index in [4.69, 9.17) is 0 Å². The molecule has 0 aliphatic rings. The summed E-state index contributed by atoms with van der Waals surface area (Å²) in [4.78, 5) is 1.23. The fraction of sp³-hybridized carbons (Fsp3) is 0.250. The minimum absolute atomic E-state index is 0.393. The zero-order chi connectivity index (χ0) is 13.0. The van der Waals surface area contributed by atoms with Crippen LogP contribution in [0.1, 0.15) is 36.3 Å². The molecule has 0 spiro atoms. The molecule has 0 aliphatic heterocycles. The fourth-order valence-electron chi connectivity index (χ4n) is 1.82. The maximum atomic E-state index is 9.47. The third kappa shape index (κ3) is 3.37. The van der Waals surface area contributed by atoms with Gasteiger partial charge in [-0.3, -0.25) is 0 Å². The summed E-state index contributed by atoms with van der Waals surface area (Å²) < 4.78 is 0. The average Bonchev–Trinajstić information content (AvgIpc) is 2.40. The van der Waals surface area contributed by atoms with Crippen LogP contribution in [0.3, 0.4) is 0 Å². The number of hydrogen-bond donors (Lipinski definition) is 1. The van der Waals surface area contributed by atoms with E-state index < -0.39 is 6.10 Å². The summed E-state index contributed by atoms with van der Waals surface area (Å²) in [6.45, 7) is 4.00. The molecule has 0 saturated heterocycles. The second-order valence-electron chi connectivity index (χ2n) is 4.42. The van der Waals surface area contributed by atoms with Crippen molar-refractivity contribution in [3.63, 3.8) is 0 Å². The summed E-state index contributed by atoms with van der Waals surface area (Å²) in [6, 6.07) is 18.6. The van der Waals surface area contributed by atoms with Gasteiger partial charge in [-0.2, -0.15) is 0 Å². The van der Waals surface area contributed by atoms with Gasteiger partial charge >= 0.3 is 0 Å². The highest BCUT2D eigenvalue weighted by Crippen LogP contribution is 2.34. The van der Waals surface area contributed by atoms with Crippen LogP contribution in [0.4, 0.5) is 0 Å². The highest BCUT2D eigenvalue weighted by molar-refractivity contribution is 7.99. The van der Waals surface area contributed by atoms with Crippen molar-refractivity contribution >= 4 is 11.8 Å². The molecule has 2 rings (SSSR count). The van der Waals surface area contributed by atoms with Crippen molar-refractivity contribution in [2.45, 2.75) is 30.1 Å². The van der Waals surface area contributed by atoms with Crippen LogP contribution >= 0.6 is 11.8 Å². The van der Waals surface area contributed by atoms with Crippen LogP contribution in [0.2, 0.25) is 0 Å². The van der Waals surface area contributed by atoms with Crippen molar-refractivity contribution in [2.24, 2.45) is 0 Å². The first kappa shape index (κ1) is 13.2. The van der Waals surface area contributed by atoms with E-state index in [0.29, 0.717) is 5.25 Å². The van der Waals surface area contributed by atoms with E-state index in [9.17, 15) is 5.11 Å². The Morgan fingerprint density at radius 2 is 1.44 bits per heavy atom. The Hall–Kier alpha value is -1.25. The number of hydrogen-bond acceptors (Lipinski definition) is 2. The molecule has 0 saturated carbocycles. The monoisotopic (exact) mass is 258 g/mol. The van der Waals surface area contributed by atoms with E-state index in [1.807, 2.05) is 30.0 Å². The molecule has 0 bridgehead atoms. The summed E-state index contributed by atoms with van der Waals surface area (Å²) in [6.07, 6.45) is -0.393. The highest BCUT2D eigenvalue weighted by atomic mass is 32.2. The Kier molecular flexibility index (Phi) is 4.45. The Bertz CT molecular complexity index is 476. The van der Waals surface area contributed by atoms with Gasteiger partial charge in [-0.25, -0.2) is 0 Å². The molecule has 0 aliphatic carbocycles. The lowest BCUT2D eigenvalue weighted by Gasteiger charge is -2.12. The molecule has 1 N–H and O–H groups in total. The van der Waals surface area contributed by atoms with E-state index >= 15 is 0 Å². The molecule has 2 unspecified atom stereocenters. The lowest BCUT2D eigenvalue weighted by Crippen LogP contribution is -1.91. The average molecular weight is 258 g/mol. The number of aliphatic hydroxyl groups excluding tert-OH is 1. The van der Waals surface area contributed by atoms with Crippen LogP contribution in [-0.4, -0.2) is 5.11 Å². The zero-order valence-corrected chi connectivity index (χ0v) is 11.5. The molecule has 2 heteroatoms. The quantitative estimate of drug-likeness (QED) is 0.809. The van der Waals surface area contributed by atoms with Crippen molar-refractivity contribution in [3.8, 4) is 0 Å². The summed E-state index contributed by atoms with van der Waals surface area (Å²) in [5.41, 5.74) is 2.30. The molecular formula is C16H18OS. The number of thioether (sulfide) groups is 1. The van der Waals surface area contributed by atoms with Gasteiger partial charge < -0.3 is 5.11 Å². The van der Waals surface area contributed by atoms with Crippen LogP contribution in [0, 0.1) is 0 Å². The number of benzene rings is 2. The summed E-state index contributed by atoms with van der Waals surface area (Å²) in [5, 5.41) is 9.90. The van der Waals surface area contributed by atoms with Gasteiger partial charge in [-0.1, -0.05) is 42.5 Å². The van der Waals surface area contributed by atoms with E-state index in [1.165, 1.54) is 10.5 Å². The van der Waals surface area contributed by atoms with Crippen molar-refractivity contribution < 1.29 is 5.11 Å². The van der Waals surface area contributed by atoms with E-state index in [0.717, 1.165) is 5.56 Å². The van der Waals surface area contributed by atoms with Gasteiger partial charge in [0.25, 0.3) is 0 Å². The summed E-state index contributed by atoms with van der Waals surface area (Å²) in [7, 11) is 0. The van der Waals surface area contributed by atoms with Crippen LogP contribution in [0.25, 0.3) is 0 Å². The van der Waals surface area contributed by atoms with Gasteiger partial charge in [-0.05, 0) is 37.1 Å². The maximum absolute atomic E-state index is 9.47. The van der Waals surface area contributed by atoms with Crippen LogP contribution in [0.5, 0.6) is 0 Å². The van der Waals surface area contributed by atoms with E-state index in [2.05, 4.69) is 43.3 Å². The smallest absolute Gasteiger partial charge is 0.0761 e. The van der Waals surface area contributed by atoms with Crippen molar-refractivity contribution in [3.05, 3.63) is 65.7 Å². The Balaban J connectivity index is 2.05. The lowest BCUT2D eigenvalue weighted by molar-refractivity contribution is 0.199. The second kappa shape index (κ2) is 6.07. The molecule has 1 nitrogen and oxygen atoms in total. The van der Waals surface area contributed by atoms with Crippen molar-refractivity contribution in [2.75, 3.05) is 0 Å². The Morgan fingerprint density at radius 3 is 2.00 bits per heavy atom. The van der Waals surface area contributed by atoms with Crippen LogP contribution in [0.15, 0.2) is 59.5 Å². The third-order valence-electron chi connectivity index (χ3n) is 2.94. The maximum Gasteiger partial charge on any atom is 0.0761 e. The normalized spacial score (nSPS) is 14.2. The van der Waals surface area contributed by atoms with Crippen molar-refractivity contribution in [1.29, 1.82) is 0 Å². The van der Waals surface area contributed by atoms with Crippen LogP contribution in [-0.2, 0) is 0 Å². The zero-order valence-electron chi connectivity index (χ0n) is 10.7. The molecule has 94 valence electrons. The second-order valence-corrected chi connectivity index (χ2v) is 5.83. The molecular weight excluding hydrogens is 240 g/mol. The largest absolute Gasteiger partial charge is 0.389 e. The molecule has 0 fully saturated rings. The number of rotatable bonds is 4. The predicted octanol–water partition coefficient (Wildman–Crippen LogP) is 4.59. The molecule has 18 heavy (non-hydrogen) atoms. The van der Waals surface area contributed by atoms with E-state index in [1.54, 1.807) is 6.92 Å². The van der Waals surface area contributed by atoms with Gasteiger partial charge in [0.05, 0.1) is 6.10 Å². The number of aliphatic hydroxyl groups is 1. The molecule has 2 aromatic carbocycles. The Labute approximate surface area is 113 Å². The predicted molar refractivity (Wildman–Crippen MR) is 77.8 cm³/mol. The lowest BCUT2D eigenvalue weighted by atomic mass is 10.1. The molecule has 0 radical (unpaired) electrons. The Morgan fingerprint density at radius 1 is 0.833 bits per heavy atom. The highest BCUT2D eigenvalue weighted by Gasteiger charge is 2.07. The van der Waals surface area contributed by atoms with E-state index in [-0.39, 0.29) is 0 Å². The molecule has 0 heterocycles. The SMILES string of the molecule is CC(O)c1ccc(SC(C)c2ccccc2)cc1. The topological polar surface area (TPSA) is 20.2 Å². The van der Waals surface area contributed by atoms with Gasteiger partial charge in [0.2, 0.25) is 0 Å². The van der Waals surface area contributed by atoms with Gasteiger partial charge in [0.1, 0.15) is 0 Å². The first-order chi connectivity index (χ1) is 8.66. The van der Waals surface area contributed by atoms with Gasteiger partial charge in [0.15, 0.2) is 0 Å². The summed E-state index contributed by atoms with van der Waals surface area (Å²) >= 11 is 1.84. The first-order valence-electron chi connectivity index (χ1n) is 6.16. The molecule has 2 aromatic rings. The first-order valence-corrected chi connectivity index (χ1v) is 7.04. The standard InChI is InChI=1S/C16H18OS/c1-12(17)14-8-10-16(11-9-14)18-13(2)15-6-4-3-5-7-15/h3-13,17H,1-2H3. The summed E-state index contributed by atoms with van der Waals surface area (Å²) in [5.74, 6) is 0. The minimum Gasteiger partial charge on any atom is -0.389 e. The fourth-order valence-corrected chi connectivity index (χ4v) is 2.82. The van der Waals surface area contributed by atoms with Gasteiger partial charge in [-0.15, -0.1) is 11.8 Å². The molecule has 0 aromatic heterocycles. The molecule has 0 amide bonds. The third-order valence-corrected chi connectivity index (χ3v) is 4.11.